The molecule has 0 aliphatic heterocycles. The maximum absolute atomic E-state index is 10.7. The summed E-state index contributed by atoms with van der Waals surface area (Å²) in [4.78, 5) is 14.8. The smallest absolute Gasteiger partial charge is 0.222 e. The summed E-state index contributed by atoms with van der Waals surface area (Å²) in [7, 11) is 0. The summed E-state index contributed by atoms with van der Waals surface area (Å²) in [5.74, 6) is 0.439. The van der Waals surface area contributed by atoms with Gasteiger partial charge in [0.25, 0.3) is 0 Å². The topological polar surface area (TPSA) is 68.0 Å². The Morgan fingerprint density at radius 1 is 1.64 bits per heavy atom. The number of nitrogens with two attached hydrogens (primary N) is 1. The van der Waals surface area contributed by atoms with E-state index in [2.05, 4.69) is 10.3 Å². The minimum atomic E-state index is -0.120. The second kappa shape index (κ2) is 4.72. The fourth-order valence-corrected chi connectivity index (χ4v) is 1.11. The quantitative estimate of drug-likeness (QED) is 0.763. The van der Waals surface area contributed by atoms with Gasteiger partial charge in [0.15, 0.2) is 0 Å². The lowest BCUT2D eigenvalue weighted by atomic mass is 10.1. The van der Waals surface area contributed by atoms with Gasteiger partial charge in [0.05, 0.1) is 0 Å². The molecule has 0 spiro atoms. The molecule has 4 heteroatoms. The molecule has 14 heavy (non-hydrogen) atoms. The van der Waals surface area contributed by atoms with Crippen LogP contribution in [0.4, 0.5) is 5.82 Å². The zero-order valence-electron chi connectivity index (χ0n) is 8.45. The Bertz CT molecular complexity index is 308. The number of hydrogen-bond acceptors (Lipinski definition) is 3. The molecule has 1 aromatic heterocycles. The molecule has 0 saturated carbocycles. The maximum Gasteiger partial charge on any atom is 0.222 e. The number of amides is 1. The van der Waals surface area contributed by atoms with Crippen LogP contribution in [0.15, 0.2) is 18.3 Å². The molecule has 0 aliphatic rings. The Hall–Kier alpha value is -1.42. The van der Waals surface area contributed by atoms with Gasteiger partial charge in [0, 0.05) is 19.2 Å². The molecule has 0 aromatic carbocycles. The largest absolute Gasteiger partial charge is 0.324 e. The minimum absolute atomic E-state index is 0.0221. The average Bonchev–Trinajstić information content (AvgIpc) is 2.17. The molecule has 0 bridgehead atoms. The first-order chi connectivity index (χ1) is 6.63. The third-order valence-corrected chi connectivity index (χ3v) is 1.96. The molecule has 1 heterocycles. The van der Waals surface area contributed by atoms with Gasteiger partial charge >= 0.3 is 0 Å². The van der Waals surface area contributed by atoms with Crippen molar-refractivity contribution in [3.8, 4) is 0 Å². The summed E-state index contributed by atoms with van der Waals surface area (Å²) in [5.41, 5.74) is 6.81. The van der Waals surface area contributed by atoms with E-state index in [0.717, 1.165) is 12.0 Å². The number of rotatable bonds is 3. The van der Waals surface area contributed by atoms with E-state index in [1.807, 2.05) is 13.0 Å². The van der Waals surface area contributed by atoms with Gasteiger partial charge in [-0.15, -0.1) is 0 Å². The number of anilines is 1. The number of hydrogen-bond donors (Lipinski definition) is 2. The molecule has 1 rings (SSSR count). The first kappa shape index (κ1) is 10.7. The lowest BCUT2D eigenvalue weighted by Gasteiger charge is -2.08. The van der Waals surface area contributed by atoms with Crippen LogP contribution in [-0.2, 0) is 4.79 Å². The number of aromatic nitrogens is 1. The van der Waals surface area contributed by atoms with Crippen molar-refractivity contribution in [1.29, 1.82) is 0 Å². The van der Waals surface area contributed by atoms with E-state index in [9.17, 15) is 4.79 Å². The highest BCUT2D eigenvalue weighted by Crippen LogP contribution is 2.13. The molecular formula is C10H15N3O. The fourth-order valence-electron chi connectivity index (χ4n) is 1.11. The van der Waals surface area contributed by atoms with Crippen molar-refractivity contribution < 1.29 is 4.79 Å². The second-order valence-electron chi connectivity index (χ2n) is 3.17. The van der Waals surface area contributed by atoms with Crippen molar-refractivity contribution >= 4 is 11.7 Å². The van der Waals surface area contributed by atoms with Crippen LogP contribution >= 0.6 is 0 Å². The van der Waals surface area contributed by atoms with E-state index >= 15 is 0 Å². The standard InChI is InChI=1S/C10H15N3O/c1-3-9(11)8-4-5-10(12-6-8)13-7(2)14/h4-6,9H,3,11H2,1-2H3,(H,12,13,14)/t9-/m0/s1. The Kier molecular flexibility index (Phi) is 3.59. The van der Waals surface area contributed by atoms with E-state index in [-0.39, 0.29) is 11.9 Å². The van der Waals surface area contributed by atoms with Gasteiger partial charge in [-0.05, 0) is 18.1 Å². The van der Waals surface area contributed by atoms with Gasteiger partial charge in [0.2, 0.25) is 5.91 Å². The zero-order chi connectivity index (χ0) is 10.6. The van der Waals surface area contributed by atoms with Crippen molar-refractivity contribution in [2.45, 2.75) is 26.3 Å². The van der Waals surface area contributed by atoms with Gasteiger partial charge in [-0.2, -0.15) is 0 Å². The lowest BCUT2D eigenvalue weighted by Crippen LogP contribution is -2.11. The molecule has 4 nitrogen and oxygen atoms in total. The van der Waals surface area contributed by atoms with Gasteiger partial charge in [-0.3, -0.25) is 4.79 Å². The molecule has 0 saturated heterocycles. The zero-order valence-corrected chi connectivity index (χ0v) is 8.45. The highest BCUT2D eigenvalue weighted by molar-refractivity contribution is 5.87. The Labute approximate surface area is 83.5 Å². The summed E-state index contributed by atoms with van der Waals surface area (Å²) in [5, 5.41) is 2.60. The van der Waals surface area contributed by atoms with Gasteiger partial charge in [-0.25, -0.2) is 4.98 Å². The van der Waals surface area contributed by atoms with Crippen molar-refractivity contribution in [1.82, 2.24) is 4.98 Å². The van der Waals surface area contributed by atoms with E-state index in [4.69, 9.17) is 5.73 Å². The summed E-state index contributed by atoms with van der Waals surface area (Å²) >= 11 is 0. The molecule has 1 atom stereocenters. The highest BCUT2D eigenvalue weighted by atomic mass is 16.1. The van der Waals surface area contributed by atoms with Gasteiger partial charge in [0.1, 0.15) is 5.82 Å². The van der Waals surface area contributed by atoms with Gasteiger partial charge in [-0.1, -0.05) is 13.0 Å². The van der Waals surface area contributed by atoms with Gasteiger partial charge < -0.3 is 11.1 Å². The Morgan fingerprint density at radius 2 is 2.36 bits per heavy atom. The normalized spacial score (nSPS) is 12.2. The van der Waals surface area contributed by atoms with Crippen LogP contribution in [-0.4, -0.2) is 10.9 Å². The summed E-state index contributed by atoms with van der Waals surface area (Å²) < 4.78 is 0. The van der Waals surface area contributed by atoms with Crippen LogP contribution in [0.1, 0.15) is 31.9 Å². The van der Waals surface area contributed by atoms with Crippen LogP contribution in [0.3, 0.4) is 0 Å². The molecule has 0 aliphatic carbocycles. The predicted molar refractivity (Wildman–Crippen MR) is 55.8 cm³/mol. The van der Waals surface area contributed by atoms with E-state index in [1.165, 1.54) is 6.92 Å². The molecule has 0 radical (unpaired) electrons. The molecule has 76 valence electrons. The minimum Gasteiger partial charge on any atom is -0.324 e. The SMILES string of the molecule is CC[C@H](N)c1ccc(NC(C)=O)nc1. The summed E-state index contributed by atoms with van der Waals surface area (Å²) in [6.07, 6.45) is 2.57. The Balaban J connectivity index is 2.73. The van der Waals surface area contributed by atoms with Crippen molar-refractivity contribution in [2.24, 2.45) is 5.73 Å². The average molecular weight is 193 g/mol. The molecular weight excluding hydrogens is 178 g/mol. The second-order valence-corrected chi connectivity index (χ2v) is 3.17. The number of nitrogens with zero attached hydrogens (tertiary/aromatic N) is 1. The molecule has 1 aromatic rings. The van der Waals surface area contributed by atoms with Crippen molar-refractivity contribution in [3.05, 3.63) is 23.9 Å². The number of carbonyl (C=O) groups is 1. The molecule has 0 fully saturated rings. The summed E-state index contributed by atoms with van der Waals surface area (Å²) in [6.45, 7) is 3.47. The maximum atomic E-state index is 10.7. The van der Waals surface area contributed by atoms with E-state index in [0.29, 0.717) is 5.82 Å². The monoisotopic (exact) mass is 193 g/mol. The van der Waals surface area contributed by atoms with Crippen LogP contribution in [0.2, 0.25) is 0 Å². The van der Waals surface area contributed by atoms with Crippen molar-refractivity contribution in [3.63, 3.8) is 0 Å². The lowest BCUT2D eigenvalue weighted by molar-refractivity contribution is -0.114. The third kappa shape index (κ3) is 2.81. The van der Waals surface area contributed by atoms with Crippen LogP contribution in [0.25, 0.3) is 0 Å². The third-order valence-electron chi connectivity index (χ3n) is 1.96. The van der Waals surface area contributed by atoms with E-state index in [1.54, 1.807) is 12.3 Å². The van der Waals surface area contributed by atoms with Crippen molar-refractivity contribution in [2.75, 3.05) is 5.32 Å². The Morgan fingerprint density at radius 3 is 2.79 bits per heavy atom. The van der Waals surface area contributed by atoms with Crippen LogP contribution < -0.4 is 11.1 Å². The first-order valence-corrected chi connectivity index (χ1v) is 4.62. The number of nitrogens with one attached hydrogen (secondary N) is 1. The summed E-state index contributed by atoms with van der Waals surface area (Å²) in [6, 6.07) is 3.66. The fraction of sp³-hybridized carbons (Fsp3) is 0.400. The highest BCUT2D eigenvalue weighted by Gasteiger charge is 2.03. The van der Waals surface area contributed by atoms with Crippen LogP contribution in [0.5, 0.6) is 0 Å². The molecule has 1 amide bonds. The molecule has 0 unspecified atom stereocenters. The van der Waals surface area contributed by atoms with Crippen LogP contribution in [0, 0.1) is 0 Å². The predicted octanol–water partition coefficient (Wildman–Crippen LogP) is 1.45. The molecule has 3 N–H and O–H groups in total. The van der Waals surface area contributed by atoms with E-state index < -0.39 is 0 Å². The first-order valence-electron chi connectivity index (χ1n) is 4.62. The number of pyridine rings is 1. The number of carbonyl (C=O) groups excluding carboxylic acids is 1.